The largest absolute Gasteiger partial charge is 0.492 e. The van der Waals surface area contributed by atoms with Crippen LogP contribution >= 0.6 is 11.6 Å². The lowest BCUT2D eigenvalue weighted by atomic mass is 10.3. The summed E-state index contributed by atoms with van der Waals surface area (Å²) >= 11 is 5.92. The third-order valence-electron chi connectivity index (χ3n) is 3.48. The van der Waals surface area contributed by atoms with Gasteiger partial charge in [0.05, 0.1) is 13.1 Å². The highest BCUT2D eigenvalue weighted by Crippen LogP contribution is 2.16. The minimum absolute atomic E-state index is 0.495. The normalized spacial score (nSPS) is 11.5. The van der Waals surface area contributed by atoms with Crippen molar-refractivity contribution in [2.75, 3.05) is 20.2 Å². The molecule has 0 saturated heterocycles. The van der Waals surface area contributed by atoms with Crippen LogP contribution < -0.4 is 15.4 Å². The zero-order valence-electron chi connectivity index (χ0n) is 13.8. The average molecular weight is 359 g/mol. The summed E-state index contributed by atoms with van der Waals surface area (Å²) in [6, 6.07) is 13.1. The molecular weight excluding hydrogens is 340 g/mol. The van der Waals surface area contributed by atoms with Crippen LogP contribution in [0, 0.1) is 0 Å². The van der Waals surface area contributed by atoms with Crippen LogP contribution in [0.1, 0.15) is 5.82 Å². The SMILES string of the molecule is CN=C(NCCOc1cccc(Cl)c1)NCc1nnc2ccccn12. The standard InChI is InChI=1S/C17H19ClN6O/c1-19-17(20-8-10-25-14-6-4-5-13(18)11-14)21-12-16-23-22-15-7-2-3-9-24(15)16/h2-7,9,11H,8,10,12H2,1H3,(H2,19,20,21). The predicted molar refractivity (Wildman–Crippen MR) is 98.1 cm³/mol. The Morgan fingerprint density at radius 3 is 2.96 bits per heavy atom. The van der Waals surface area contributed by atoms with Gasteiger partial charge in [-0.15, -0.1) is 10.2 Å². The van der Waals surface area contributed by atoms with Crippen LogP contribution in [0.2, 0.25) is 5.02 Å². The molecule has 2 heterocycles. The van der Waals surface area contributed by atoms with E-state index >= 15 is 0 Å². The number of aliphatic imine (C=N–C) groups is 1. The Morgan fingerprint density at radius 1 is 1.20 bits per heavy atom. The quantitative estimate of drug-likeness (QED) is 0.401. The molecule has 0 aliphatic heterocycles. The van der Waals surface area contributed by atoms with E-state index in [1.54, 1.807) is 13.1 Å². The smallest absolute Gasteiger partial charge is 0.191 e. The average Bonchev–Trinajstić information content (AvgIpc) is 3.04. The fourth-order valence-electron chi connectivity index (χ4n) is 2.29. The number of halogens is 1. The summed E-state index contributed by atoms with van der Waals surface area (Å²) in [5, 5.41) is 15.4. The van der Waals surface area contributed by atoms with Crippen molar-refractivity contribution in [2.24, 2.45) is 4.99 Å². The number of pyridine rings is 1. The molecule has 25 heavy (non-hydrogen) atoms. The molecule has 0 unspecified atom stereocenters. The van der Waals surface area contributed by atoms with E-state index in [-0.39, 0.29) is 0 Å². The summed E-state index contributed by atoms with van der Waals surface area (Å²) in [6.07, 6.45) is 1.93. The summed E-state index contributed by atoms with van der Waals surface area (Å²) in [7, 11) is 1.72. The van der Waals surface area contributed by atoms with Gasteiger partial charge in [-0.25, -0.2) is 0 Å². The lowest BCUT2D eigenvalue weighted by Crippen LogP contribution is -2.39. The summed E-state index contributed by atoms with van der Waals surface area (Å²) in [4.78, 5) is 4.19. The first-order valence-corrected chi connectivity index (χ1v) is 8.25. The molecule has 2 N–H and O–H groups in total. The first-order chi connectivity index (χ1) is 12.3. The number of fused-ring (bicyclic) bond motifs is 1. The van der Waals surface area contributed by atoms with Crippen molar-refractivity contribution in [3.05, 3.63) is 59.5 Å². The third-order valence-corrected chi connectivity index (χ3v) is 3.72. The summed E-state index contributed by atoms with van der Waals surface area (Å²) in [5.74, 6) is 2.23. The van der Waals surface area contributed by atoms with E-state index in [2.05, 4.69) is 25.8 Å². The highest BCUT2D eigenvalue weighted by atomic mass is 35.5. The van der Waals surface area contributed by atoms with Gasteiger partial charge in [-0.1, -0.05) is 23.7 Å². The van der Waals surface area contributed by atoms with Crippen molar-refractivity contribution in [1.29, 1.82) is 0 Å². The number of aromatic nitrogens is 3. The zero-order chi connectivity index (χ0) is 17.5. The van der Waals surface area contributed by atoms with Gasteiger partial charge in [0, 0.05) is 18.3 Å². The molecule has 130 valence electrons. The molecule has 7 nitrogen and oxygen atoms in total. The maximum Gasteiger partial charge on any atom is 0.191 e. The minimum Gasteiger partial charge on any atom is -0.492 e. The van der Waals surface area contributed by atoms with Gasteiger partial charge in [-0.3, -0.25) is 9.39 Å². The molecule has 8 heteroatoms. The highest BCUT2D eigenvalue weighted by molar-refractivity contribution is 6.30. The maximum atomic E-state index is 5.92. The predicted octanol–water partition coefficient (Wildman–Crippen LogP) is 2.13. The van der Waals surface area contributed by atoms with Gasteiger partial charge >= 0.3 is 0 Å². The van der Waals surface area contributed by atoms with Gasteiger partial charge in [-0.2, -0.15) is 0 Å². The van der Waals surface area contributed by atoms with E-state index in [1.165, 1.54) is 0 Å². The van der Waals surface area contributed by atoms with Gasteiger partial charge in [-0.05, 0) is 30.3 Å². The van der Waals surface area contributed by atoms with E-state index in [1.807, 2.05) is 47.0 Å². The van der Waals surface area contributed by atoms with Crippen molar-refractivity contribution in [3.63, 3.8) is 0 Å². The number of hydrogen-bond acceptors (Lipinski definition) is 4. The van der Waals surface area contributed by atoms with Crippen LogP contribution in [0.15, 0.2) is 53.7 Å². The number of ether oxygens (including phenoxy) is 1. The van der Waals surface area contributed by atoms with Crippen LogP contribution in [0.5, 0.6) is 5.75 Å². The van der Waals surface area contributed by atoms with Gasteiger partial charge in [0.2, 0.25) is 0 Å². The molecule has 0 amide bonds. The zero-order valence-corrected chi connectivity index (χ0v) is 14.6. The Bertz CT molecular complexity index is 863. The van der Waals surface area contributed by atoms with Gasteiger partial charge in [0.15, 0.2) is 17.4 Å². The lowest BCUT2D eigenvalue weighted by Gasteiger charge is -2.12. The number of benzene rings is 1. The molecule has 3 rings (SSSR count). The summed E-state index contributed by atoms with van der Waals surface area (Å²) in [5.41, 5.74) is 0.817. The Labute approximate surface area is 150 Å². The highest BCUT2D eigenvalue weighted by Gasteiger charge is 2.05. The van der Waals surface area contributed by atoms with Crippen LogP contribution in [-0.2, 0) is 6.54 Å². The molecule has 2 aromatic heterocycles. The fraction of sp³-hybridized carbons (Fsp3) is 0.235. The Kier molecular flexibility index (Phi) is 5.69. The van der Waals surface area contributed by atoms with Crippen molar-refractivity contribution in [1.82, 2.24) is 25.2 Å². The van der Waals surface area contributed by atoms with Crippen molar-refractivity contribution < 1.29 is 4.74 Å². The Morgan fingerprint density at radius 2 is 2.12 bits per heavy atom. The lowest BCUT2D eigenvalue weighted by molar-refractivity contribution is 0.322. The van der Waals surface area contributed by atoms with Crippen molar-refractivity contribution in [2.45, 2.75) is 6.54 Å². The van der Waals surface area contributed by atoms with Crippen LogP contribution in [-0.4, -0.2) is 40.8 Å². The second kappa shape index (κ2) is 8.34. The van der Waals surface area contributed by atoms with Crippen LogP contribution in [0.3, 0.4) is 0 Å². The van der Waals surface area contributed by atoms with E-state index < -0.39 is 0 Å². The van der Waals surface area contributed by atoms with Gasteiger partial charge < -0.3 is 15.4 Å². The number of hydrogen-bond donors (Lipinski definition) is 2. The Balaban J connectivity index is 1.45. The number of nitrogens with one attached hydrogen (secondary N) is 2. The molecule has 0 saturated carbocycles. The molecular formula is C17H19ClN6O. The van der Waals surface area contributed by atoms with E-state index in [0.29, 0.717) is 30.7 Å². The van der Waals surface area contributed by atoms with Crippen molar-refractivity contribution in [3.8, 4) is 5.75 Å². The second-order valence-electron chi connectivity index (χ2n) is 5.20. The number of rotatable bonds is 6. The molecule has 0 aliphatic carbocycles. The van der Waals surface area contributed by atoms with E-state index in [9.17, 15) is 0 Å². The second-order valence-corrected chi connectivity index (χ2v) is 5.64. The molecule has 3 aromatic rings. The minimum atomic E-state index is 0.495. The number of guanidine groups is 1. The number of nitrogens with zero attached hydrogens (tertiary/aromatic N) is 4. The van der Waals surface area contributed by atoms with Crippen LogP contribution in [0.4, 0.5) is 0 Å². The molecule has 1 aromatic carbocycles. The summed E-state index contributed by atoms with van der Waals surface area (Å²) < 4.78 is 7.57. The van der Waals surface area contributed by atoms with E-state index in [0.717, 1.165) is 17.2 Å². The molecule has 0 fully saturated rings. The molecule has 0 spiro atoms. The first kappa shape index (κ1) is 17.0. The Hall–Kier alpha value is -2.80. The molecule has 0 radical (unpaired) electrons. The van der Waals surface area contributed by atoms with Crippen molar-refractivity contribution >= 4 is 23.2 Å². The molecule has 0 bridgehead atoms. The topological polar surface area (TPSA) is 75.8 Å². The van der Waals surface area contributed by atoms with E-state index in [4.69, 9.17) is 16.3 Å². The summed E-state index contributed by atoms with van der Waals surface area (Å²) in [6.45, 7) is 1.61. The monoisotopic (exact) mass is 358 g/mol. The maximum absolute atomic E-state index is 5.92. The third kappa shape index (κ3) is 4.60. The van der Waals surface area contributed by atoms with Gasteiger partial charge in [0.1, 0.15) is 12.4 Å². The first-order valence-electron chi connectivity index (χ1n) is 7.88. The molecule has 0 aliphatic rings. The van der Waals surface area contributed by atoms with Gasteiger partial charge in [0.25, 0.3) is 0 Å². The molecule has 0 atom stereocenters. The fourth-order valence-corrected chi connectivity index (χ4v) is 2.47. The van der Waals surface area contributed by atoms with Crippen LogP contribution in [0.25, 0.3) is 5.65 Å².